The summed E-state index contributed by atoms with van der Waals surface area (Å²) in [6, 6.07) is 2.07. The van der Waals surface area contributed by atoms with Crippen molar-refractivity contribution in [3.8, 4) is 0 Å². The smallest absolute Gasteiger partial charge is 0.320 e. The highest BCUT2D eigenvalue weighted by Crippen LogP contribution is 2.45. The van der Waals surface area contributed by atoms with Crippen molar-refractivity contribution < 1.29 is 14.0 Å². The summed E-state index contributed by atoms with van der Waals surface area (Å²) in [7, 11) is 0. The maximum atomic E-state index is 11.9. The van der Waals surface area contributed by atoms with Gasteiger partial charge in [0.2, 0.25) is 0 Å². The Morgan fingerprint density at radius 3 is 2.43 bits per heavy atom. The first-order chi connectivity index (χ1) is 14.6. The van der Waals surface area contributed by atoms with Crippen LogP contribution in [0.4, 0.5) is 4.79 Å². The molecular weight excluding hydrogens is 378 g/mol. The molecule has 2 unspecified atom stereocenters. The van der Waals surface area contributed by atoms with Crippen LogP contribution in [0.15, 0.2) is 22.6 Å². The van der Waals surface area contributed by atoms with Crippen molar-refractivity contribution in [1.29, 1.82) is 0 Å². The minimum absolute atomic E-state index is 0.172. The number of hydrogen-bond acceptors (Lipinski definition) is 3. The van der Waals surface area contributed by atoms with E-state index < -0.39 is 0 Å². The van der Waals surface area contributed by atoms with E-state index in [-0.39, 0.29) is 5.91 Å². The van der Waals surface area contributed by atoms with E-state index in [0.29, 0.717) is 18.3 Å². The molecule has 1 aromatic rings. The number of urea groups is 1. The topological polar surface area (TPSA) is 65.8 Å². The van der Waals surface area contributed by atoms with E-state index >= 15 is 0 Å². The van der Waals surface area contributed by atoms with Gasteiger partial charge < -0.3 is 19.5 Å². The van der Waals surface area contributed by atoms with Crippen molar-refractivity contribution in [1.82, 2.24) is 15.1 Å². The molecule has 0 radical (unpaired) electrons. The molecule has 0 spiro atoms. The van der Waals surface area contributed by atoms with Crippen LogP contribution in [-0.4, -0.2) is 54.5 Å². The lowest BCUT2D eigenvalue weighted by atomic mass is 10.2. The SMILES string of the molecule is C/C=C\c1cc(C(=O)NCC)oc1/C=C/CC.O=C(N1CCCC1)N1CC2CC2C1. The first-order valence-corrected chi connectivity index (χ1v) is 11.3. The lowest BCUT2D eigenvalue weighted by Gasteiger charge is -2.24. The molecule has 1 aliphatic carbocycles. The van der Waals surface area contributed by atoms with Gasteiger partial charge in [-0.25, -0.2) is 4.79 Å². The Morgan fingerprint density at radius 2 is 1.83 bits per heavy atom. The van der Waals surface area contributed by atoms with Crippen molar-refractivity contribution >= 4 is 24.1 Å². The fraction of sp³-hybridized carbons (Fsp3) is 0.583. The van der Waals surface area contributed by atoms with Crippen LogP contribution in [0.3, 0.4) is 0 Å². The Labute approximate surface area is 180 Å². The molecule has 0 bridgehead atoms. The van der Waals surface area contributed by atoms with Crippen LogP contribution in [0.5, 0.6) is 0 Å². The van der Waals surface area contributed by atoms with Gasteiger partial charge in [0.25, 0.3) is 5.91 Å². The molecule has 3 amide bonds. The number of nitrogens with zero attached hydrogens (tertiary/aromatic N) is 2. The maximum absolute atomic E-state index is 11.9. The number of piperidine rings is 1. The predicted molar refractivity (Wildman–Crippen MR) is 120 cm³/mol. The lowest BCUT2D eigenvalue weighted by molar-refractivity contribution is 0.0927. The number of hydrogen-bond donors (Lipinski definition) is 1. The average molecular weight is 414 g/mol. The molecule has 4 rings (SSSR count). The van der Waals surface area contributed by atoms with Gasteiger partial charge in [0.15, 0.2) is 5.76 Å². The third-order valence-electron chi connectivity index (χ3n) is 5.83. The fourth-order valence-corrected chi connectivity index (χ4v) is 4.11. The van der Waals surface area contributed by atoms with E-state index in [2.05, 4.69) is 17.1 Å². The van der Waals surface area contributed by atoms with E-state index in [1.165, 1.54) is 19.3 Å². The van der Waals surface area contributed by atoms with Crippen LogP contribution < -0.4 is 5.32 Å². The highest BCUT2D eigenvalue weighted by atomic mass is 16.3. The molecule has 6 nitrogen and oxygen atoms in total. The second-order valence-corrected chi connectivity index (χ2v) is 8.24. The van der Waals surface area contributed by atoms with E-state index in [0.717, 1.165) is 55.8 Å². The van der Waals surface area contributed by atoms with Crippen LogP contribution >= 0.6 is 0 Å². The van der Waals surface area contributed by atoms with Gasteiger partial charge >= 0.3 is 6.03 Å². The van der Waals surface area contributed by atoms with Crippen LogP contribution in [0.25, 0.3) is 12.2 Å². The summed E-state index contributed by atoms with van der Waals surface area (Å²) in [5.74, 6) is 2.65. The number of furan rings is 1. The predicted octanol–water partition coefficient (Wildman–Crippen LogP) is 4.64. The third kappa shape index (κ3) is 5.55. The highest BCUT2D eigenvalue weighted by molar-refractivity contribution is 5.92. The molecule has 30 heavy (non-hydrogen) atoms. The monoisotopic (exact) mass is 413 g/mol. The second-order valence-electron chi connectivity index (χ2n) is 8.24. The zero-order chi connectivity index (χ0) is 21.5. The molecule has 3 aliphatic rings. The number of carbonyl (C=O) groups is 2. The van der Waals surface area contributed by atoms with Crippen molar-refractivity contribution in [2.75, 3.05) is 32.7 Å². The molecule has 6 heteroatoms. The summed E-state index contributed by atoms with van der Waals surface area (Å²) >= 11 is 0. The van der Waals surface area contributed by atoms with Crippen LogP contribution in [0, 0.1) is 11.8 Å². The summed E-state index contributed by atoms with van der Waals surface area (Å²) < 4.78 is 5.53. The molecule has 1 N–H and O–H groups in total. The number of nitrogens with one attached hydrogen (secondary N) is 1. The van der Waals surface area contributed by atoms with Gasteiger partial charge in [-0.1, -0.05) is 25.2 Å². The van der Waals surface area contributed by atoms with Crippen LogP contribution in [0.1, 0.15) is 68.3 Å². The van der Waals surface area contributed by atoms with Crippen LogP contribution in [-0.2, 0) is 0 Å². The molecule has 2 saturated heterocycles. The Balaban J connectivity index is 0.000000175. The van der Waals surface area contributed by atoms with Crippen LogP contribution in [0.2, 0.25) is 0 Å². The number of fused-ring (bicyclic) bond motifs is 1. The van der Waals surface area contributed by atoms with Gasteiger partial charge in [0, 0.05) is 38.3 Å². The Hall–Kier alpha value is -2.50. The first kappa shape index (κ1) is 22.2. The van der Waals surface area contributed by atoms with Gasteiger partial charge in [-0.15, -0.1) is 0 Å². The molecule has 2 aliphatic heterocycles. The Kier molecular flexibility index (Phi) is 7.77. The van der Waals surface area contributed by atoms with E-state index in [9.17, 15) is 9.59 Å². The first-order valence-electron chi connectivity index (χ1n) is 11.3. The van der Waals surface area contributed by atoms with Crippen molar-refractivity contribution in [2.24, 2.45) is 11.8 Å². The average Bonchev–Trinajstić information content (AvgIpc) is 3.19. The van der Waals surface area contributed by atoms with Crippen molar-refractivity contribution in [2.45, 2.75) is 46.5 Å². The number of allylic oxidation sites excluding steroid dienone is 2. The number of likely N-dealkylation sites (tertiary alicyclic amines) is 2. The van der Waals surface area contributed by atoms with Crippen molar-refractivity contribution in [3.05, 3.63) is 35.3 Å². The quantitative estimate of drug-likeness (QED) is 0.765. The summed E-state index contributed by atoms with van der Waals surface area (Å²) in [6.45, 7) is 10.5. The van der Waals surface area contributed by atoms with Gasteiger partial charge in [-0.3, -0.25) is 4.79 Å². The standard InChI is InChI=1S/C14H19NO2.C10H16N2O/c1-4-7-9-12-11(8-5-2)10-13(17-12)14(16)15-6-3;13-10(11-3-1-2-4-11)12-6-8-5-9(8)7-12/h5,7-10H,4,6H2,1-3H3,(H,15,16);8-9H,1-7H2/b8-5-,9-7+;. The van der Waals surface area contributed by atoms with E-state index in [1.807, 2.05) is 43.1 Å². The molecule has 1 aromatic heterocycles. The lowest BCUT2D eigenvalue weighted by Crippen LogP contribution is -2.41. The van der Waals surface area contributed by atoms with E-state index in [4.69, 9.17) is 4.42 Å². The van der Waals surface area contributed by atoms with Gasteiger partial charge in [0.05, 0.1) is 0 Å². The summed E-state index contributed by atoms with van der Waals surface area (Å²) in [5.41, 5.74) is 0.929. The third-order valence-corrected chi connectivity index (χ3v) is 5.83. The number of carbonyl (C=O) groups excluding carboxylic acids is 2. The molecule has 0 aromatic carbocycles. The largest absolute Gasteiger partial charge is 0.451 e. The summed E-state index contributed by atoms with van der Waals surface area (Å²) in [5, 5.41) is 2.72. The number of amides is 3. The summed E-state index contributed by atoms with van der Waals surface area (Å²) in [4.78, 5) is 27.6. The Bertz CT molecular complexity index is 780. The molecule has 2 atom stereocenters. The number of rotatable bonds is 5. The fourth-order valence-electron chi connectivity index (χ4n) is 4.11. The molecule has 164 valence electrons. The normalized spacial score (nSPS) is 22.4. The maximum Gasteiger partial charge on any atom is 0.320 e. The molecule has 3 heterocycles. The molecular formula is C24H35N3O3. The zero-order valence-corrected chi connectivity index (χ0v) is 18.5. The van der Waals surface area contributed by atoms with Crippen molar-refractivity contribution in [3.63, 3.8) is 0 Å². The van der Waals surface area contributed by atoms with Gasteiger partial charge in [-0.2, -0.15) is 0 Å². The summed E-state index contributed by atoms with van der Waals surface area (Å²) in [6.07, 6.45) is 12.5. The zero-order valence-electron chi connectivity index (χ0n) is 18.5. The molecule has 3 fully saturated rings. The van der Waals surface area contributed by atoms with Gasteiger partial charge in [-0.05, 0) is 63.5 Å². The molecule has 1 saturated carbocycles. The van der Waals surface area contributed by atoms with E-state index in [1.54, 1.807) is 6.07 Å². The highest BCUT2D eigenvalue weighted by Gasteiger charge is 2.47. The van der Waals surface area contributed by atoms with Gasteiger partial charge in [0.1, 0.15) is 5.76 Å². The second kappa shape index (κ2) is 10.5. The minimum atomic E-state index is -0.172. The minimum Gasteiger partial charge on any atom is -0.451 e. The Morgan fingerprint density at radius 1 is 1.13 bits per heavy atom.